The van der Waals surface area contributed by atoms with Gasteiger partial charge >= 0.3 is 11.9 Å². The second-order valence-electron chi connectivity index (χ2n) is 9.62. The molecule has 0 aromatic heterocycles. The molecule has 1 aromatic carbocycles. The summed E-state index contributed by atoms with van der Waals surface area (Å²) < 4.78 is 43.4. The third-order valence-electron chi connectivity index (χ3n) is 7.10. The summed E-state index contributed by atoms with van der Waals surface area (Å²) in [6.07, 6.45) is 3.53. The molecule has 0 saturated heterocycles. The summed E-state index contributed by atoms with van der Waals surface area (Å²) in [5, 5.41) is 0. The van der Waals surface area contributed by atoms with E-state index in [0.29, 0.717) is 18.4 Å². The highest BCUT2D eigenvalue weighted by Gasteiger charge is 2.28. The molecule has 1 aromatic rings. The molecule has 34 heavy (non-hydrogen) atoms. The van der Waals surface area contributed by atoms with Gasteiger partial charge < -0.3 is 14.2 Å². The van der Waals surface area contributed by atoms with Crippen LogP contribution in [0.3, 0.4) is 0 Å². The van der Waals surface area contributed by atoms with Crippen molar-refractivity contribution in [3.05, 3.63) is 29.8 Å². The number of carbonyl (C=O) groups excluding carboxylic acids is 2. The van der Waals surface area contributed by atoms with Gasteiger partial charge in [0.05, 0.1) is 6.61 Å². The molecule has 0 aliphatic heterocycles. The molecule has 0 bridgehead atoms. The average molecular weight is 481 g/mol. The Labute approximate surface area is 201 Å². The molecule has 7 heteroatoms. The van der Waals surface area contributed by atoms with Crippen molar-refractivity contribution >= 4 is 11.9 Å². The summed E-state index contributed by atoms with van der Waals surface area (Å²) in [5.41, 5.74) is 1.25. The quantitative estimate of drug-likeness (QED) is 0.371. The lowest BCUT2D eigenvalue weighted by atomic mass is 9.82. The minimum absolute atomic E-state index is 0.150. The van der Waals surface area contributed by atoms with Crippen LogP contribution in [0.25, 0.3) is 0 Å². The molecular weight excluding hydrogens is 442 g/mol. The van der Waals surface area contributed by atoms with Crippen LogP contribution in [0.4, 0.5) is 8.78 Å². The van der Waals surface area contributed by atoms with Gasteiger partial charge in [-0.25, -0.2) is 18.4 Å². The van der Waals surface area contributed by atoms with Gasteiger partial charge in [0, 0.05) is 0 Å². The van der Waals surface area contributed by atoms with Gasteiger partial charge in [-0.2, -0.15) is 0 Å². The van der Waals surface area contributed by atoms with Crippen LogP contribution >= 0.6 is 0 Å². The van der Waals surface area contributed by atoms with E-state index in [-0.39, 0.29) is 25.0 Å². The highest BCUT2D eigenvalue weighted by atomic mass is 19.1. The lowest BCUT2D eigenvalue weighted by Gasteiger charge is -2.29. The van der Waals surface area contributed by atoms with E-state index in [0.717, 1.165) is 57.1 Å². The Hall–Kier alpha value is -2.18. The number of hydrogen-bond donors (Lipinski definition) is 0. The first-order valence-electron chi connectivity index (χ1n) is 12.8. The van der Waals surface area contributed by atoms with Crippen LogP contribution in [0.1, 0.15) is 89.5 Å². The van der Waals surface area contributed by atoms with E-state index >= 15 is 0 Å². The van der Waals surface area contributed by atoms with Gasteiger partial charge in [-0.1, -0.05) is 26.0 Å². The Morgan fingerprint density at radius 3 is 1.74 bits per heavy atom. The van der Waals surface area contributed by atoms with Crippen LogP contribution in [0.15, 0.2) is 24.3 Å². The number of rotatable bonds is 10. The molecule has 2 fully saturated rings. The molecule has 0 radical (unpaired) electrons. The Kier molecular flexibility index (Phi) is 10.1. The van der Waals surface area contributed by atoms with E-state index in [1.165, 1.54) is 5.56 Å². The second kappa shape index (κ2) is 13.1. The van der Waals surface area contributed by atoms with Crippen molar-refractivity contribution in [1.29, 1.82) is 0 Å². The SMILES string of the molecule is CC[C@@H](F)C(=O)O[C@H]1CC[C@H](COc2ccc([C@H]3CC[C@H](OC(=O)[C@H](F)CC)CC3)cc2)CC1. The zero-order valence-electron chi connectivity index (χ0n) is 20.3. The fourth-order valence-electron chi connectivity index (χ4n) is 4.79. The van der Waals surface area contributed by atoms with Crippen molar-refractivity contribution < 1.29 is 32.6 Å². The number of benzene rings is 1. The normalized spacial score (nSPS) is 26.8. The standard InChI is InChI=1S/C27H38F2O5/c1-3-24(28)26(30)33-22-11-5-18(6-12-22)17-32-21-13-7-19(8-14-21)20-9-15-23(16-10-20)34-27(31)25(29)4-2/h7-8,13-14,18,20,22-25H,3-6,9-12,15-17H2,1-2H3/t18-,20-,22-,23-,24-,25-/m1/s1. The average Bonchev–Trinajstić information content (AvgIpc) is 2.88. The van der Waals surface area contributed by atoms with E-state index in [1.54, 1.807) is 13.8 Å². The van der Waals surface area contributed by atoms with E-state index in [9.17, 15) is 18.4 Å². The number of hydrogen-bond acceptors (Lipinski definition) is 5. The van der Waals surface area contributed by atoms with Crippen molar-refractivity contribution in [3.8, 4) is 5.75 Å². The number of esters is 2. The maximum Gasteiger partial charge on any atom is 0.340 e. The van der Waals surface area contributed by atoms with Crippen LogP contribution in [-0.2, 0) is 19.1 Å². The van der Waals surface area contributed by atoms with Gasteiger partial charge in [-0.3, -0.25) is 0 Å². The van der Waals surface area contributed by atoms with Gasteiger partial charge in [-0.15, -0.1) is 0 Å². The van der Waals surface area contributed by atoms with Gasteiger partial charge in [0.15, 0.2) is 12.3 Å². The summed E-state index contributed by atoms with van der Waals surface area (Å²) in [6, 6.07) is 8.18. The third kappa shape index (κ3) is 7.67. The van der Waals surface area contributed by atoms with Crippen molar-refractivity contribution in [3.63, 3.8) is 0 Å². The lowest BCUT2D eigenvalue weighted by Crippen LogP contribution is -2.30. The van der Waals surface area contributed by atoms with Gasteiger partial charge in [-0.05, 0) is 93.7 Å². The molecule has 0 amide bonds. The summed E-state index contributed by atoms with van der Waals surface area (Å²) in [7, 11) is 0. The number of alkyl halides is 2. The third-order valence-corrected chi connectivity index (χ3v) is 7.10. The number of halogens is 2. The zero-order valence-corrected chi connectivity index (χ0v) is 20.3. The van der Waals surface area contributed by atoms with E-state index < -0.39 is 24.3 Å². The number of ether oxygens (including phenoxy) is 3. The van der Waals surface area contributed by atoms with Crippen molar-refractivity contribution in [2.75, 3.05) is 6.61 Å². The molecule has 2 aliphatic carbocycles. The molecule has 190 valence electrons. The molecule has 0 spiro atoms. The summed E-state index contributed by atoms with van der Waals surface area (Å²) in [4.78, 5) is 23.3. The summed E-state index contributed by atoms with van der Waals surface area (Å²) >= 11 is 0. The van der Waals surface area contributed by atoms with E-state index in [2.05, 4.69) is 12.1 Å². The van der Waals surface area contributed by atoms with Crippen molar-refractivity contribution in [2.45, 2.75) is 109 Å². The minimum atomic E-state index is -1.52. The van der Waals surface area contributed by atoms with Crippen molar-refractivity contribution in [2.24, 2.45) is 5.92 Å². The smallest absolute Gasteiger partial charge is 0.340 e. The zero-order chi connectivity index (χ0) is 24.5. The first-order valence-corrected chi connectivity index (χ1v) is 12.8. The summed E-state index contributed by atoms with van der Waals surface area (Å²) in [6.45, 7) is 3.88. The molecule has 0 heterocycles. The van der Waals surface area contributed by atoms with Gasteiger partial charge in [0.2, 0.25) is 0 Å². The fraction of sp³-hybridized carbons (Fsp3) is 0.704. The second-order valence-corrected chi connectivity index (χ2v) is 9.62. The predicted molar refractivity (Wildman–Crippen MR) is 125 cm³/mol. The maximum absolute atomic E-state index is 13.4. The monoisotopic (exact) mass is 480 g/mol. The van der Waals surface area contributed by atoms with Crippen LogP contribution < -0.4 is 4.74 Å². The Bertz CT molecular complexity index is 768. The van der Waals surface area contributed by atoms with Crippen LogP contribution in [-0.4, -0.2) is 43.1 Å². The Morgan fingerprint density at radius 2 is 1.26 bits per heavy atom. The maximum atomic E-state index is 13.4. The topological polar surface area (TPSA) is 61.8 Å². The molecule has 2 aliphatic rings. The molecule has 2 saturated carbocycles. The molecule has 0 unspecified atom stereocenters. The van der Waals surface area contributed by atoms with Gasteiger partial charge in [0.25, 0.3) is 0 Å². The Balaban J connectivity index is 1.36. The summed E-state index contributed by atoms with van der Waals surface area (Å²) in [5.74, 6) is 0.174. The lowest BCUT2D eigenvalue weighted by molar-refractivity contribution is -0.157. The minimum Gasteiger partial charge on any atom is -0.493 e. The van der Waals surface area contributed by atoms with Gasteiger partial charge in [0.1, 0.15) is 18.0 Å². The first kappa shape index (κ1) is 26.4. The number of carbonyl (C=O) groups is 2. The fourth-order valence-corrected chi connectivity index (χ4v) is 4.79. The molecule has 0 N–H and O–H groups in total. The molecule has 3 rings (SSSR count). The van der Waals surface area contributed by atoms with E-state index in [4.69, 9.17) is 14.2 Å². The largest absolute Gasteiger partial charge is 0.493 e. The highest BCUT2D eigenvalue weighted by Crippen LogP contribution is 2.35. The van der Waals surface area contributed by atoms with E-state index in [1.807, 2.05) is 12.1 Å². The molecular formula is C27H38F2O5. The first-order chi connectivity index (χ1) is 16.4. The van der Waals surface area contributed by atoms with Crippen LogP contribution in [0.2, 0.25) is 0 Å². The molecule has 2 atom stereocenters. The Morgan fingerprint density at radius 1 is 0.794 bits per heavy atom. The predicted octanol–water partition coefficient (Wildman–Crippen LogP) is 6.23. The van der Waals surface area contributed by atoms with Crippen molar-refractivity contribution in [1.82, 2.24) is 0 Å². The van der Waals surface area contributed by atoms with Crippen LogP contribution in [0, 0.1) is 5.92 Å². The highest BCUT2D eigenvalue weighted by molar-refractivity contribution is 5.75. The molecule has 5 nitrogen and oxygen atoms in total. The van der Waals surface area contributed by atoms with Crippen LogP contribution in [0.5, 0.6) is 5.75 Å².